The molecule has 0 radical (unpaired) electrons. The van der Waals surface area contributed by atoms with Gasteiger partial charge in [0.1, 0.15) is 0 Å². The Hall–Kier alpha value is 0.190. The number of hydrogen-bond acceptors (Lipinski definition) is 5. The third-order valence-corrected chi connectivity index (χ3v) is 2.50. The molecule has 0 aromatic carbocycles. The summed E-state index contributed by atoms with van der Waals surface area (Å²) in [6, 6.07) is 0. The van der Waals surface area contributed by atoms with Crippen molar-refractivity contribution in [2.75, 3.05) is 53.4 Å². The van der Waals surface area contributed by atoms with E-state index in [1.165, 1.54) is 0 Å². The minimum absolute atomic E-state index is 0.0856. The first-order chi connectivity index (χ1) is 7.49. The number of likely N-dealkylation sites (N-methyl/N-ethyl adjacent to an activating group) is 2. The predicted molar refractivity (Wildman–Crippen MR) is 75.4 cm³/mol. The monoisotopic (exact) mass is 248 g/mol. The summed E-state index contributed by atoms with van der Waals surface area (Å²) in [4.78, 5) is 2.36. The molecular formula is C11H28N4S. The molecular weight excluding hydrogens is 220 g/mol. The zero-order valence-electron chi connectivity index (χ0n) is 11.1. The van der Waals surface area contributed by atoms with Crippen molar-refractivity contribution in [3.05, 3.63) is 0 Å². The van der Waals surface area contributed by atoms with Crippen molar-refractivity contribution in [1.82, 2.24) is 20.9 Å². The van der Waals surface area contributed by atoms with Crippen LogP contribution in [0.4, 0.5) is 0 Å². The van der Waals surface area contributed by atoms with Gasteiger partial charge in [-0.25, -0.2) is 0 Å². The second-order valence-electron chi connectivity index (χ2n) is 4.53. The molecule has 0 unspecified atom stereocenters. The zero-order valence-corrected chi connectivity index (χ0v) is 12.0. The van der Waals surface area contributed by atoms with E-state index in [2.05, 4.69) is 47.3 Å². The van der Waals surface area contributed by atoms with Crippen molar-refractivity contribution < 1.29 is 0 Å². The number of thiol groups is 1. The average Bonchev–Trinajstić information content (AvgIpc) is 2.19. The topological polar surface area (TPSA) is 39.3 Å². The van der Waals surface area contributed by atoms with Gasteiger partial charge in [-0.1, -0.05) is 0 Å². The number of nitrogens with zero attached hydrogens (tertiary/aromatic N) is 1. The molecule has 98 valence electrons. The standard InChI is InChI=1S/C11H28N4S/c1-11(2,16)14-7-10-15(8-5-12-3)9-6-13-4/h12-14,16H,5-10H2,1-4H3. The Labute approximate surface area is 106 Å². The first-order valence-corrected chi connectivity index (χ1v) is 6.43. The van der Waals surface area contributed by atoms with Crippen LogP contribution in [0.5, 0.6) is 0 Å². The van der Waals surface area contributed by atoms with Crippen LogP contribution in [0, 0.1) is 0 Å². The molecule has 0 aromatic rings. The maximum Gasteiger partial charge on any atom is 0.0558 e. The van der Waals surface area contributed by atoms with Gasteiger partial charge in [0.2, 0.25) is 0 Å². The second kappa shape index (κ2) is 9.24. The minimum Gasteiger partial charge on any atom is -0.318 e. The van der Waals surface area contributed by atoms with Crippen LogP contribution < -0.4 is 16.0 Å². The molecule has 0 amide bonds. The first kappa shape index (κ1) is 16.2. The summed E-state index contributed by atoms with van der Waals surface area (Å²) in [6.45, 7) is 10.4. The summed E-state index contributed by atoms with van der Waals surface area (Å²) in [7, 11) is 3.98. The predicted octanol–water partition coefficient (Wildman–Crippen LogP) is -0.0173. The second-order valence-corrected chi connectivity index (χ2v) is 5.65. The fourth-order valence-corrected chi connectivity index (χ4v) is 1.51. The third-order valence-electron chi connectivity index (χ3n) is 2.34. The van der Waals surface area contributed by atoms with Gasteiger partial charge in [-0.15, -0.1) is 0 Å². The SMILES string of the molecule is CNCCN(CCNC)CCNC(C)(C)S. The summed E-state index contributed by atoms with van der Waals surface area (Å²) < 4.78 is 0. The first-order valence-electron chi connectivity index (χ1n) is 5.98. The molecule has 0 atom stereocenters. The van der Waals surface area contributed by atoms with Crippen LogP contribution >= 0.6 is 12.6 Å². The van der Waals surface area contributed by atoms with Crippen molar-refractivity contribution in [3.8, 4) is 0 Å². The van der Waals surface area contributed by atoms with Crippen LogP contribution in [0.3, 0.4) is 0 Å². The molecule has 0 aliphatic rings. The lowest BCUT2D eigenvalue weighted by Gasteiger charge is -2.25. The van der Waals surface area contributed by atoms with Crippen molar-refractivity contribution in [3.63, 3.8) is 0 Å². The smallest absolute Gasteiger partial charge is 0.0558 e. The molecule has 5 heteroatoms. The largest absolute Gasteiger partial charge is 0.318 e. The van der Waals surface area contributed by atoms with Crippen LogP contribution in [0.15, 0.2) is 0 Å². The van der Waals surface area contributed by atoms with Gasteiger partial charge in [0.05, 0.1) is 4.87 Å². The Morgan fingerprint density at radius 1 is 0.938 bits per heavy atom. The van der Waals surface area contributed by atoms with Crippen LogP contribution in [-0.4, -0.2) is 63.1 Å². The molecule has 0 aromatic heterocycles. The molecule has 4 nitrogen and oxygen atoms in total. The summed E-state index contributed by atoms with van der Waals surface area (Å²) in [6.07, 6.45) is 0. The highest BCUT2D eigenvalue weighted by Crippen LogP contribution is 2.05. The molecule has 0 bridgehead atoms. The van der Waals surface area contributed by atoms with E-state index < -0.39 is 0 Å². The van der Waals surface area contributed by atoms with E-state index in [0.29, 0.717) is 0 Å². The normalized spacial score (nSPS) is 12.4. The maximum atomic E-state index is 4.44. The fraction of sp³-hybridized carbons (Fsp3) is 1.00. The summed E-state index contributed by atoms with van der Waals surface area (Å²) >= 11 is 4.44. The molecule has 16 heavy (non-hydrogen) atoms. The number of rotatable bonds is 10. The Kier molecular flexibility index (Phi) is 9.35. The van der Waals surface area contributed by atoms with Gasteiger partial charge < -0.3 is 16.0 Å². The average molecular weight is 248 g/mol. The van der Waals surface area contributed by atoms with Gasteiger partial charge in [0.15, 0.2) is 0 Å². The molecule has 0 saturated heterocycles. The van der Waals surface area contributed by atoms with E-state index >= 15 is 0 Å². The lowest BCUT2D eigenvalue weighted by Crippen LogP contribution is -2.43. The molecule has 0 spiro atoms. The van der Waals surface area contributed by atoms with Gasteiger partial charge in [-0.05, 0) is 27.9 Å². The fourth-order valence-electron chi connectivity index (χ4n) is 1.40. The quantitative estimate of drug-likeness (QED) is 0.324. The molecule has 0 saturated carbocycles. The highest BCUT2D eigenvalue weighted by Gasteiger charge is 2.10. The molecule has 0 aliphatic heterocycles. The van der Waals surface area contributed by atoms with Crippen molar-refractivity contribution in [1.29, 1.82) is 0 Å². The number of hydrogen-bond donors (Lipinski definition) is 4. The van der Waals surface area contributed by atoms with Crippen LogP contribution in [0.1, 0.15) is 13.8 Å². The van der Waals surface area contributed by atoms with Crippen LogP contribution in [0.25, 0.3) is 0 Å². The lowest BCUT2D eigenvalue weighted by molar-refractivity contribution is 0.272. The highest BCUT2D eigenvalue weighted by molar-refractivity contribution is 7.81. The molecule has 0 fully saturated rings. The highest BCUT2D eigenvalue weighted by atomic mass is 32.1. The molecule has 0 aliphatic carbocycles. The van der Waals surface area contributed by atoms with E-state index in [1.54, 1.807) is 0 Å². The molecule has 3 N–H and O–H groups in total. The van der Waals surface area contributed by atoms with Gasteiger partial charge in [-0.3, -0.25) is 4.90 Å². The minimum atomic E-state index is -0.0856. The van der Waals surface area contributed by atoms with Crippen LogP contribution in [0.2, 0.25) is 0 Å². The van der Waals surface area contributed by atoms with Gasteiger partial charge in [0, 0.05) is 39.3 Å². The summed E-state index contributed by atoms with van der Waals surface area (Å²) in [5.74, 6) is 0. The summed E-state index contributed by atoms with van der Waals surface area (Å²) in [5.41, 5.74) is 0. The van der Waals surface area contributed by atoms with Gasteiger partial charge >= 0.3 is 0 Å². The Morgan fingerprint density at radius 3 is 1.75 bits per heavy atom. The van der Waals surface area contributed by atoms with E-state index in [9.17, 15) is 0 Å². The van der Waals surface area contributed by atoms with E-state index in [1.807, 2.05) is 14.1 Å². The van der Waals surface area contributed by atoms with Gasteiger partial charge in [0.25, 0.3) is 0 Å². The zero-order chi connectivity index (χ0) is 12.4. The Balaban J connectivity index is 3.72. The molecule has 0 heterocycles. The Bertz CT molecular complexity index is 151. The van der Waals surface area contributed by atoms with Crippen molar-refractivity contribution in [2.24, 2.45) is 0 Å². The van der Waals surface area contributed by atoms with Crippen molar-refractivity contribution >= 4 is 12.6 Å². The van der Waals surface area contributed by atoms with E-state index in [4.69, 9.17) is 0 Å². The van der Waals surface area contributed by atoms with E-state index in [-0.39, 0.29) is 4.87 Å². The van der Waals surface area contributed by atoms with Crippen molar-refractivity contribution in [2.45, 2.75) is 18.7 Å². The molecule has 0 rings (SSSR count). The van der Waals surface area contributed by atoms with Gasteiger partial charge in [-0.2, -0.15) is 12.6 Å². The number of nitrogens with one attached hydrogen (secondary N) is 3. The maximum absolute atomic E-state index is 4.44. The van der Waals surface area contributed by atoms with E-state index in [0.717, 1.165) is 39.3 Å². The summed E-state index contributed by atoms with van der Waals surface area (Å²) in [5, 5.41) is 9.75. The van der Waals surface area contributed by atoms with Crippen LogP contribution in [-0.2, 0) is 0 Å². The Morgan fingerprint density at radius 2 is 1.38 bits per heavy atom. The lowest BCUT2D eigenvalue weighted by atomic mass is 10.3. The third kappa shape index (κ3) is 10.7.